The quantitative estimate of drug-likeness (QED) is 0.565. The van der Waals surface area contributed by atoms with Gasteiger partial charge >= 0.3 is 0 Å². The number of carbonyl (C=O) groups excluding carboxylic acids is 1. The first-order chi connectivity index (χ1) is 12.1. The summed E-state index contributed by atoms with van der Waals surface area (Å²) in [6.07, 6.45) is 1.42. The van der Waals surface area contributed by atoms with E-state index in [0.717, 1.165) is 22.1 Å². The zero-order chi connectivity index (χ0) is 17.8. The minimum absolute atomic E-state index is 0.123. The van der Waals surface area contributed by atoms with E-state index >= 15 is 0 Å². The van der Waals surface area contributed by atoms with Crippen molar-refractivity contribution < 1.29 is 14.6 Å². The first-order valence-corrected chi connectivity index (χ1v) is 7.77. The van der Waals surface area contributed by atoms with Crippen LogP contribution >= 0.6 is 0 Å². The number of phenols is 1. The first-order valence-electron chi connectivity index (χ1n) is 7.77. The van der Waals surface area contributed by atoms with Crippen molar-refractivity contribution in [3.05, 3.63) is 71.3 Å². The van der Waals surface area contributed by atoms with Crippen LogP contribution in [0.5, 0.6) is 11.5 Å². The highest BCUT2D eigenvalue weighted by atomic mass is 16.5. The van der Waals surface area contributed by atoms with Gasteiger partial charge in [0.05, 0.1) is 13.3 Å². The van der Waals surface area contributed by atoms with Gasteiger partial charge in [-0.25, -0.2) is 5.43 Å². The molecule has 0 aliphatic heterocycles. The SMILES string of the molecule is COc1ccc2cc(C(=O)N/N=C\c3ccc(C)cc3O)ccc2c1. The van der Waals surface area contributed by atoms with Crippen LogP contribution in [0.25, 0.3) is 10.8 Å². The Morgan fingerprint density at radius 1 is 1.08 bits per heavy atom. The van der Waals surface area contributed by atoms with Gasteiger partial charge in [-0.15, -0.1) is 0 Å². The number of nitrogens with zero attached hydrogens (tertiary/aromatic N) is 1. The van der Waals surface area contributed by atoms with Gasteiger partial charge in [-0.3, -0.25) is 4.79 Å². The second kappa shape index (κ2) is 7.05. The maximum atomic E-state index is 12.2. The Labute approximate surface area is 145 Å². The molecule has 5 nitrogen and oxygen atoms in total. The summed E-state index contributed by atoms with van der Waals surface area (Å²) in [7, 11) is 1.62. The molecule has 0 aromatic heterocycles. The largest absolute Gasteiger partial charge is 0.507 e. The number of hydrogen-bond donors (Lipinski definition) is 2. The lowest BCUT2D eigenvalue weighted by molar-refractivity contribution is 0.0955. The third kappa shape index (κ3) is 3.77. The molecule has 0 heterocycles. The van der Waals surface area contributed by atoms with Gasteiger partial charge in [-0.1, -0.05) is 18.2 Å². The van der Waals surface area contributed by atoms with E-state index in [4.69, 9.17) is 4.74 Å². The lowest BCUT2D eigenvalue weighted by atomic mass is 10.1. The van der Waals surface area contributed by atoms with Gasteiger partial charge in [-0.2, -0.15) is 5.10 Å². The number of carbonyl (C=O) groups is 1. The maximum Gasteiger partial charge on any atom is 0.271 e. The van der Waals surface area contributed by atoms with Crippen molar-refractivity contribution in [3.63, 3.8) is 0 Å². The van der Waals surface area contributed by atoms with Crippen LogP contribution < -0.4 is 10.2 Å². The molecular formula is C20H18N2O3. The molecule has 0 spiro atoms. The van der Waals surface area contributed by atoms with Crippen LogP contribution in [0.2, 0.25) is 0 Å². The van der Waals surface area contributed by atoms with Gasteiger partial charge in [0.25, 0.3) is 5.91 Å². The molecule has 25 heavy (non-hydrogen) atoms. The number of rotatable bonds is 4. The Morgan fingerprint density at radius 2 is 1.84 bits per heavy atom. The van der Waals surface area contributed by atoms with Crippen molar-refractivity contribution in [1.29, 1.82) is 0 Å². The van der Waals surface area contributed by atoms with Gasteiger partial charge in [0.15, 0.2) is 0 Å². The number of aryl methyl sites for hydroxylation is 1. The Morgan fingerprint density at radius 3 is 2.60 bits per heavy atom. The molecule has 0 aliphatic carbocycles. The Hall–Kier alpha value is -3.34. The van der Waals surface area contributed by atoms with E-state index in [2.05, 4.69) is 10.5 Å². The number of fused-ring (bicyclic) bond motifs is 1. The summed E-state index contributed by atoms with van der Waals surface area (Å²) in [6.45, 7) is 1.89. The van der Waals surface area contributed by atoms with Gasteiger partial charge in [0, 0.05) is 11.1 Å². The zero-order valence-electron chi connectivity index (χ0n) is 14.0. The number of aromatic hydroxyl groups is 1. The number of amides is 1. The number of benzene rings is 3. The van der Waals surface area contributed by atoms with Crippen LogP contribution in [-0.2, 0) is 0 Å². The summed E-state index contributed by atoms with van der Waals surface area (Å²) in [4.78, 5) is 12.2. The van der Waals surface area contributed by atoms with Crippen LogP contribution in [0.15, 0.2) is 59.7 Å². The molecular weight excluding hydrogens is 316 g/mol. The van der Waals surface area contributed by atoms with Gasteiger partial charge in [0.2, 0.25) is 0 Å². The van der Waals surface area contributed by atoms with E-state index in [0.29, 0.717) is 11.1 Å². The van der Waals surface area contributed by atoms with Crippen LogP contribution in [0.4, 0.5) is 0 Å². The molecule has 0 aliphatic rings. The second-order valence-corrected chi connectivity index (χ2v) is 5.69. The number of ether oxygens (including phenoxy) is 1. The molecule has 3 rings (SSSR count). The predicted molar refractivity (Wildman–Crippen MR) is 98.4 cm³/mol. The molecule has 0 fully saturated rings. The number of hydrogen-bond acceptors (Lipinski definition) is 4. The van der Waals surface area contributed by atoms with Crippen LogP contribution in [0.3, 0.4) is 0 Å². The van der Waals surface area contributed by atoms with Crippen LogP contribution in [0, 0.1) is 6.92 Å². The molecule has 0 radical (unpaired) electrons. The molecule has 126 valence electrons. The fourth-order valence-electron chi connectivity index (χ4n) is 2.48. The molecule has 0 bridgehead atoms. The fraction of sp³-hybridized carbons (Fsp3) is 0.100. The number of hydrazone groups is 1. The average Bonchev–Trinajstić information content (AvgIpc) is 2.62. The molecule has 0 unspecified atom stereocenters. The number of methoxy groups -OCH3 is 1. The van der Waals surface area contributed by atoms with Crippen molar-refractivity contribution >= 4 is 22.9 Å². The summed E-state index contributed by atoms with van der Waals surface area (Å²) in [5.74, 6) is 0.574. The van der Waals surface area contributed by atoms with Crippen LogP contribution in [-0.4, -0.2) is 24.3 Å². The highest BCUT2D eigenvalue weighted by Gasteiger charge is 2.06. The van der Waals surface area contributed by atoms with Crippen LogP contribution in [0.1, 0.15) is 21.5 Å². The highest BCUT2D eigenvalue weighted by molar-refractivity contribution is 5.99. The van der Waals surface area contributed by atoms with Gasteiger partial charge in [-0.05, 0) is 59.7 Å². The molecule has 0 saturated carbocycles. The third-order valence-electron chi connectivity index (χ3n) is 3.87. The predicted octanol–water partition coefficient (Wildman–Crippen LogP) is 3.63. The van der Waals surface area contributed by atoms with Crippen molar-refractivity contribution in [1.82, 2.24) is 5.43 Å². The number of phenolic OH excluding ortho intramolecular Hbond substituents is 1. The minimum Gasteiger partial charge on any atom is -0.507 e. The summed E-state index contributed by atoms with van der Waals surface area (Å²) < 4.78 is 5.19. The summed E-state index contributed by atoms with van der Waals surface area (Å²) in [5.41, 5.74) is 4.46. The van der Waals surface area contributed by atoms with E-state index in [9.17, 15) is 9.90 Å². The van der Waals surface area contributed by atoms with E-state index in [1.165, 1.54) is 6.21 Å². The first kappa shape index (κ1) is 16.5. The second-order valence-electron chi connectivity index (χ2n) is 5.69. The summed E-state index contributed by atoms with van der Waals surface area (Å²) >= 11 is 0. The van der Waals surface area contributed by atoms with Crippen molar-refractivity contribution in [2.24, 2.45) is 5.10 Å². The Bertz CT molecular complexity index is 964. The third-order valence-corrected chi connectivity index (χ3v) is 3.87. The molecule has 3 aromatic rings. The smallest absolute Gasteiger partial charge is 0.271 e. The molecule has 0 atom stereocenters. The normalized spacial score (nSPS) is 11.0. The Balaban J connectivity index is 1.74. The topological polar surface area (TPSA) is 70.9 Å². The lowest BCUT2D eigenvalue weighted by Gasteiger charge is -2.05. The maximum absolute atomic E-state index is 12.2. The zero-order valence-corrected chi connectivity index (χ0v) is 14.0. The number of nitrogens with one attached hydrogen (secondary N) is 1. The fourth-order valence-corrected chi connectivity index (χ4v) is 2.48. The van der Waals surface area contributed by atoms with Gasteiger partial charge in [0.1, 0.15) is 11.5 Å². The summed E-state index contributed by atoms with van der Waals surface area (Å²) in [6, 6.07) is 16.3. The van der Waals surface area contributed by atoms with E-state index < -0.39 is 0 Å². The molecule has 5 heteroatoms. The van der Waals surface area contributed by atoms with E-state index in [-0.39, 0.29) is 11.7 Å². The van der Waals surface area contributed by atoms with Crippen molar-refractivity contribution in [3.8, 4) is 11.5 Å². The Kier molecular flexibility index (Phi) is 4.66. The molecule has 0 saturated heterocycles. The monoisotopic (exact) mass is 334 g/mol. The molecule has 1 amide bonds. The lowest BCUT2D eigenvalue weighted by Crippen LogP contribution is -2.17. The highest BCUT2D eigenvalue weighted by Crippen LogP contribution is 2.22. The average molecular weight is 334 g/mol. The van der Waals surface area contributed by atoms with Crippen molar-refractivity contribution in [2.75, 3.05) is 7.11 Å². The van der Waals surface area contributed by atoms with Crippen molar-refractivity contribution in [2.45, 2.75) is 6.92 Å². The van der Waals surface area contributed by atoms with E-state index in [1.807, 2.05) is 37.3 Å². The summed E-state index contributed by atoms with van der Waals surface area (Å²) in [5, 5.41) is 15.7. The van der Waals surface area contributed by atoms with Gasteiger partial charge < -0.3 is 9.84 Å². The van der Waals surface area contributed by atoms with E-state index in [1.54, 1.807) is 31.4 Å². The molecule has 3 aromatic carbocycles. The standard InChI is InChI=1S/C20H18N2O3/c1-13-3-4-17(19(23)9-13)12-21-22-20(24)16-6-5-15-11-18(25-2)8-7-14(15)10-16/h3-12,23H,1-2H3,(H,22,24)/b21-12-. The minimum atomic E-state index is -0.319. The molecule has 2 N–H and O–H groups in total.